The third kappa shape index (κ3) is 1.88. The van der Waals surface area contributed by atoms with Crippen LogP contribution in [-0.2, 0) is 17.9 Å². The quantitative estimate of drug-likeness (QED) is 0.740. The number of nitrogens with one attached hydrogen (secondary N) is 2. The lowest BCUT2D eigenvalue weighted by Crippen LogP contribution is -2.60. The first kappa shape index (κ1) is 11.9. The van der Waals surface area contributed by atoms with Crippen LogP contribution >= 0.6 is 11.6 Å². The summed E-state index contributed by atoms with van der Waals surface area (Å²) in [4.78, 5) is 13.5. The predicted molar refractivity (Wildman–Crippen MR) is 65.2 cm³/mol. The van der Waals surface area contributed by atoms with Gasteiger partial charge >= 0.3 is 0 Å². The summed E-state index contributed by atoms with van der Waals surface area (Å²) in [7, 11) is 0. The van der Waals surface area contributed by atoms with Crippen LogP contribution < -0.4 is 10.9 Å². The molecule has 1 aromatic rings. The van der Waals surface area contributed by atoms with E-state index in [9.17, 15) is 9.18 Å². The molecule has 4 nitrogen and oxygen atoms in total. The highest BCUT2D eigenvalue weighted by Gasteiger charge is 2.37. The first-order chi connectivity index (χ1) is 8.66. The van der Waals surface area contributed by atoms with Gasteiger partial charge in [0.15, 0.2) is 0 Å². The van der Waals surface area contributed by atoms with Crippen molar-refractivity contribution in [3.05, 3.63) is 35.1 Å². The Morgan fingerprint density at radius 2 is 2.22 bits per heavy atom. The molecule has 0 bridgehead atoms. The second-order valence-corrected chi connectivity index (χ2v) is 5.09. The second-order valence-electron chi connectivity index (χ2n) is 4.62. The van der Waals surface area contributed by atoms with Crippen molar-refractivity contribution in [2.45, 2.75) is 24.5 Å². The van der Waals surface area contributed by atoms with Crippen molar-refractivity contribution in [1.82, 2.24) is 15.8 Å². The molecule has 0 aliphatic carbocycles. The molecule has 1 aromatic carbocycles. The van der Waals surface area contributed by atoms with Gasteiger partial charge in [0.05, 0.1) is 0 Å². The number of fused-ring (bicyclic) bond motifs is 1. The molecule has 2 heterocycles. The van der Waals surface area contributed by atoms with E-state index < -0.39 is 5.38 Å². The minimum atomic E-state index is -0.608. The minimum absolute atomic E-state index is 0.118. The second kappa shape index (κ2) is 4.50. The molecule has 2 atom stereocenters. The van der Waals surface area contributed by atoms with Crippen LogP contribution in [0.1, 0.15) is 11.1 Å². The Labute approximate surface area is 109 Å². The standard InChI is InChI=1S/C12H13ClFN3O/c13-11-10(4-15-16-12(11)18)17-5-7-2-1-3-9(14)8(7)6-17/h1-3,10-11,15H,4-6H2,(H,16,18). The van der Waals surface area contributed by atoms with Crippen molar-refractivity contribution < 1.29 is 9.18 Å². The predicted octanol–water partition coefficient (Wildman–Crippen LogP) is 0.752. The Hall–Kier alpha value is -1.17. The molecule has 2 N–H and O–H groups in total. The first-order valence-electron chi connectivity index (χ1n) is 5.84. The van der Waals surface area contributed by atoms with Crippen LogP contribution in [0.2, 0.25) is 0 Å². The summed E-state index contributed by atoms with van der Waals surface area (Å²) in [5.74, 6) is -0.418. The zero-order valence-corrected chi connectivity index (χ0v) is 10.4. The van der Waals surface area contributed by atoms with Crippen molar-refractivity contribution >= 4 is 17.5 Å². The topological polar surface area (TPSA) is 44.4 Å². The number of carbonyl (C=O) groups excluding carboxylic acids is 1. The number of rotatable bonds is 1. The highest BCUT2D eigenvalue weighted by molar-refractivity contribution is 6.31. The number of carbonyl (C=O) groups is 1. The number of halogens is 2. The molecule has 3 rings (SSSR count). The van der Waals surface area contributed by atoms with Crippen LogP contribution in [0.5, 0.6) is 0 Å². The van der Waals surface area contributed by atoms with E-state index in [4.69, 9.17) is 11.6 Å². The summed E-state index contributed by atoms with van der Waals surface area (Å²) in [5, 5.41) is -0.608. The van der Waals surface area contributed by atoms with E-state index in [-0.39, 0.29) is 17.8 Å². The molecule has 1 saturated heterocycles. The summed E-state index contributed by atoms with van der Waals surface area (Å²) < 4.78 is 13.7. The molecule has 2 aliphatic rings. The average molecular weight is 270 g/mol. The molecule has 1 amide bonds. The average Bonchev–Trinajstić information content (AvgIpc) is 2.78. The van der Waals surface area contributed by atoms with Gasteiger partial charge in [-0.1, -0.05) is 12.1 Å². The molecule has 2 unspecified atom stereocenters. The van der Waals surface area contributed by atoms with Crippen molar-refractivity contribution in [3.8, 4) is 0 Å². The Morgan fingerprint density at radius 1 is 1.39 bits per heavy atom. The summed E-state index contributed by atoms with van der Waals surface area (Å²) in [5.41, 5.74) is 7.00. The van der Waals surface area contributed by atoms with Crippen molar-refractivity contribution in [2.75, 3.05) is 6.54 Å². The fourth-order valence-electron chi connectivity index (χ4n) is 2.54. The van der Waals surface area contributed by atoms with E-state index in [1.54, 1.807) is 6.07 Å². The van der Waals surface area contributed by atoms with Gasteiger partial charge in [-0.05, 0) is 11.6 Å². The van der Waals surface area contributed by atoms with Crippen molar-refractivity contribution in [2.24, 2.45) is 0 Å². The smallest absolute Gasteiger partial charge is 0.253 e. The highest BCUT2D eigenvalue weighted by Crippen LogP contribution is 2.28. The molecular formula is C12H13ClFN3O. The molecule has 1 fully saturated rings. The summed E-state index contributed by atoms with van der Waals surface area (Å²) >= 11 is 6.11. The molecule has 2 aliphatic heterocycles. The highest BCUT2D eigenvalue weighted by atomic mass is 35.5. The number of hydrogen-bond acceptors (Lipinski definition) is 3. The number of benzene rings is 1. The van der Waals surface area contributed by atoms with Gasteiger partial charge in [-0.2, -0.15) is 0 Å². The Balaban J connectivity index is 1.81. The monoisotopic (exact) mass is 269 g/mol. The number of alkyl halides is 1. The molecule has 96 valence electrons. The van der Waals surface area contributed by atoms with E-state index in [2.05, 4.69) is 10.9 Å². The van der Waals surface area contributed by atoms with Crippen molar-refractivity contribution in [1.29, 1.82) is 0 Å². The van der Waals surface area contributed by atoms with Crippen LogP contribution in [0.4, 0.5) is 4.39 Å². The third-order valence-electron chi connectivity index (χ3n) is 3.53. The van der Waals surface area contributed by atoms with Crippen LogP contribution in [0.3, 0.4) is 0 Å². The maximum Gasteiger partial charge on any atom is 0.253 e. The molecule has 0 spiro atoms. The summed E-state index contributed by atoms with van der Waals surface area (Å²) in [6.07, 6.45) is 0. The Bertz CT molecular complexity index is 496. The number of amides is 1. The maximum absolute atomic E-state index is 13.7. The lowest BCUT2D eigenvalue weighted by atomic mass is 10.1. The van der Waals surface area contributed by atoms with Gasteiger partial charge in [-0.25, -0.2) is 9.82 Å². The Kier molecular flexibility index (Phi) is 2.97. The fraction of sp³-hybridized carbons (Fsp3) is 0.417. The number of hydrazine groups is 1. The molecule has 6 heteroatoms. The molecule has 0 aromatic heterocycles. The minimum Gasteiger partial charge on any atom is -0.290 e. The Morgan fingerprint density at radius 3 is 3.00 bits per heavy atom. The van der Waals surface area contributed by atoms with Crippen LogP contribution in [0.25, 0.3) is 0 Å². The van der Waals surface area contributed by atoms with Gasteiger partial charge in [-0.15, -0.1) is 11.6 Å². The zero-order chi connectivity index (χ0) is 12.7. The third-order valence-corrected chi connectivity index (χ3v) is 4.02. The van der Waals surface area contributed by atoms with Crippen LogP contribution in [0.15, 0.2) is 18.2 Å². The van der Waals surface area contributed by atoms with E-state index in [0.717, 1.165) is 5.56 Å². The van der Waals surface area contributed by atoms with E-state index in [1.807, 2.05) is 11.0 Å². The van der Waals surface area contributed by atoms with Gasteiger partial charge in [0.2, 0.25) is 0 Å². The van der Waals surface area contributed by atoms with Gasteiger partial charge in [0, 0.05) is 31.2 Å². The van der Waals surface area contributed by atoms with Gasteiger partial charge < -0.3 is 0 Å². The van der Waals surface area contributed by atoms with Gasteiger partial charge in [0.25, 0.3) is 5.91 Å². The van der Waals surface area contributed by atoms with Crippen LogP contribution in [0, 0.1) is 5.82 Å². The molecule has 18 heavy (non-hydrogen) atoms. The largest absolute Gasteiger partial charge is 0.290 e. The summed E-state index contributed by atoms with van der Waals surface area (Å²) in [6.45, 7) is 1.70. The SMILES string of the molecule is O=C1NNCC(N2Cc3cccc(F)c3C2)C1Cl. The molecule has 0 radical (unpaired) electrons. The van der Waals surface area contributed by atoms with Gasteiger partial charge in [-0.3, -0.25) is 15.1 Å². The first-order valence-corrected chi connectivity index (χ1v) is 6.27. The lowest BCUT2D eigenvalue weighted by Gasteiger charge is -2.34. The van der Waals surface area contributed by atoms with E-state index in [0.29, 0.717) is 25.2 Å². The van der Waals surface area contributed by atoms with Gasteiger partial charge in [0.1, 0.15) is 11.2 Å². The normalized spacial score (nSPS) is 28.0. The van der Waals surface area contributed by atoms with Crippen LogP contribution in [-0.4, -0.2) is 28.8 Å². The summed E-state index contributed by atoms with van der Waals surface area (Å²) in [6, 6.07) is 4.97. The van der Waals surface area contributed by atoms with Crippen molar-refractivity contribution in [3.63, 3.8) is 0 Å². The van der Waals surface area contributed by atoms with E-state index >= 15 is 0 Å². The zero-order valence-electron chi connectivity index (χ0n) is 9.62. The fourth-order valence-corrected chi connectivity index (χ4v) is 2.85. The molecular weight excluding hydrogens is 257 g/mol. The number of nitrogens with zero attached hydrogens (tertiary/aromatic N) is 1. The maximum atomic E-state index is 13.7. The van der Waals surface area contributed by atoms with E-state index in [1.165, 1.54) is 6.07 Å². The lowest BCUT2D eigenvalue weighted by molar-refractivity contribution is -0.124. The number of hydrogen-bond donors (Lipinski definition) is 2. The molecule has 0 saturated carbocycles.